The minimum absolute atomic E-state index is 0.269. The van der Waals surface area contributed by atoms with Crippen molar-refractivity contribution in [3.8, 4) is 5.75 Å². The van der Waals surface area contributed by atoms with Crippen molar-refractivity contribution in [1.82, 2.24) is 5.43 Å². The van der Waals surface area contributed by atoms with Gasteiger partial charge in [0.2, 0.25) is 0 Å². The van der Waals surface area contributed by atoms with Crippen LogP contribution in [0, 0.1) is 0 Å². The summed E-state index contributed by atoms with van der Waals surface area (Å²) in [6, 6.07) is 11.3. The quantitative estimate of drug-likeness (QED) is 0.549. The maximum atomic E-state index is 11.8. The Morgan fingerprint density at radius 3 is 2.54 bits per heavy atom. The lowest BCUT2D eigenvalue weighted by molar-refractivity contribution is 0.152. The molecule has 1 N–H and O–H groups in total. The van der Waals surface area contributed by atoms with Gasteiger partial charge in [-0.2, -0.15) is 5.10 Å². The molecule has 0 radical (unpaired) electrons. The van der Waals surface area contributed by atoms with Crippen LogP contribution >= 0.6 is 11.3 Å². The number of hydrogen-bond donors (Lipinski definition) is 1. The van der Waals surface area contributed by atoms with Crippen LogP contribution in [0.15, 0.2) is 41.5 Å². The number of carbonyl (C=O) groups is 1. The van der Waals surface area contributed by atoms with Gasteiger partial charge in [0.1, 0.15) is 11.5 Å². The smallest absolute Gasteiger partial charge is 0.427 e. The van der Waals surface area contributed by atoms with Crippen LogP contribution in [0.1, 0.15) is 29.2 Å². The Bertz CT molecular complexity index is 785. The van der Waals surface area contributed by atoms with Gasteiger partial charge in [-0.05, 0) is 43.3 Å². The first-order valence-corrected chi connectivity index (χ1v) is 10.5. The van der Waals surface area contributed by atoms with E-state index in [9.17, 15) is 9.00 Å². The van der Waals surface area contributed by atoms with Crippen LogP contribution in [0.2, 0.25) is 0 Å². The predicted molar refractivity (Wildman–Crippen MR) is 105 cm³/mol. The molecule has 8 heteroatoms. The average Bonchev–Trinajstić information content (AvgIpc) is 3.10. The zero-order chi connectivity index (χ0) is 18.9. The number of methoxy groups -OCH3 is 1. The monoisotopic (exact) mass is 394 g/mol. The molecular weight excluding hydrogens is 372 g/mol. The van der Waals surface area contributed by atoms with E-state index < -0.39 is 16.9 Å². The molecule has 0 bridgehead atoms. The first-order chi connectivity index (χ1) is 12.6. The topological polar surface area (TPSA) is 77.0 Å². The zero-order valence-electron chi connectivity index (χ0n) is 15.0. The number of benzene rings is 1. The molecule has 0 fully saturated rings. The number of rotatable bonds is 8. The molecule has 0 spiro atoms. The summed E-state index contributed by atoms with van der Waals surface area (Å²) in [5.74, 6) is 1.87. The molecule has 2 rings (SSSR count). The molecule has 6 nitrogen and oxygen atoms in total. The fourth-order valence-corrected chi connectivity index (χ4v) is 4.18. The van der Waals surface area contributed by atoms with Crippen LogP contribution in [0.4, 0.5) is 4.79 Å². The Labute approximate surface area is 159 Å². The lowest BCUT2D eigenvalue weighted by Gasteiger charge is -2.07. The fraction of sp³-hybridized carbons (Fsp3) is 0.333. The number of amides is 1. The van der Waals surface area contributed by atoms with E-state index in [4.69, 9.17) is 9.47 Å². The highest BCUT2D eigenvalue weighted by Gasteiger charge is 2.13. The van der Waals surface area contributed by atoms with E-state index in [1.807, 2.05) is 43.3 Å². The third kappa shape index (κ3) is 5.67. The van der Waals surface area contributed by atoms with Crippen molar-refractivity contribution in [1.29, 1.82) is 0 Å². The van der Waals surface area contributed by atoms with E-state index >= 15 is 0 Å². The Hall–Kier alpha value is -2.19. The molecular formula is C18H22N2O4S2. The Kier molecular flexibility index (Phi) is 7.80. The van der Waals surface area contributed by atoms with E-state index in [-0.39, 0.29) is 6.61 Å². The van der Waals surface area contributed by atoms with Gasteiger partial charge in [-0.15, -0.1) is 11.3 Å². The highest BCUT2D eigenvalue weighted by Crippen LogP contribution is 2.23. The van der Waals surface area contributed by atoms with E-state index in [1.165, 1.54) is 11.3 Å². The summed E-state index contributed by atoms with van der Waals surface area (Å²) in [7, 11) is 0.727. The third-order valence-electron chi connectivity index (χ3n) is 3.42. The van der Waals surface area contributed by atoms with Gasteiger partial charge in [-0.25, -0.2) is 10.2 Å². The Balaban J connectivity index is 2.31. The van der Waals surface area contributed by atoms with Gasteiger partial charge in [0.25, 0.3) is 0 Å². The number of carbonyl (C=O) groups excluding carboxylic acids is 1. The minimum atomic E-state index is -0.876. The van der Waals surface area contributed by atoms with Gasteiger partial charge in [0.05, 0.1) is 24.3 Å². The molecule has 26 heavy (non-hydrogen) atoms. The summed E-state index contributed by atoms with van der Waals surface area (Å²) in [6.07, 6.45) is -0.609. The van der Waals surface area contributed by atoms with E-state index in [1.54, 1.807) is 14.0 Å². The lowest BCUT2D eigenvalue weighted by Crippen LogP contribution is -2.21. The molecule has 0 aliphatic rings. The van der Waals surface area contributed by atoms with Crippen molar-refractivity contribution < 1.29 is 18.5 Å². The molecule has 0 aliphatic carbocycles. The van der Waals surface area contributed by atoms with Crippen molar-refractivity contribution in [2.75, 3.05) is 19.5 Å². The SMILES string of the molecule is CCOC(=O)NN=C(c1ccc(OC)cc1)c1ccc(CS(=O)CC)s1. The summed E-state index contributed by atoms with van der Waals surface area (Å²) in [4.78, 5) is 13.5. The standard InChI is InChI=1S/C18H22N2O4S2/c1-4-24-18(21)20-19-17(13-6-8-14(23-3)9-7-13)16-11-10-15(25-16)12-26(22)5-2/h6-11H,4-5,12H2,1-3H3,(H,20,21). The van der Waals surface area contributed by atoms with E-state index in [0.717, 1.165) is 21.1 Å². The number of nitrogens with zero attached hydrogens (tertiary/aromatic N) is 1. The molecule has 0 saturated heterocycles. The number of nitrogens with one attached hydrogen (secondary N) is 1. The van der Waals surface area contributed by atoms with Crippen molar-refractivity contribution in [3.05, 3.63) is 51.7 Å². The second kappa shape index (κ2) is 10.1. The highest BCUT2D eigenvalue weighted by atomic mass is 32.2. The summed E-state index contributed by atoms with van der Waals surface area (Å²) >= 11 is 1.51. The van der Waals surface area contributed by atoms with Gasteiger partial charge < -0.3 is 9.47 Å². The molecule has 1 unspecified atom stereocenters. The first kappa shape index (κ1) is 20.1. The Morgan fingerprint density at radius 2 is 1.92 bits per heavy atom. The van der Waals surface area contributed by atoms with Gasteiger partial charge in [-0.1, -0.05) is 6.92 Å². The maximum Gasteiger partial charge on any atom is 0.427 e. The molecule has 1 atom stereocenters. The molecule has 140 valence electrons. The number of thiophene rings is 1. The van der Waals surface area contributed by atoms with Gasteiger partial charge in [-0.3, -0.25) is 4.21 Å². The number of ether oxygens (including phenoxy) is 2. The minimum Gasteiger partial charge on any atom is -0.497 e. The van der Waals surface area contributed by atoms with Gasteiger partial charge in [0.15, 0.2) is 0 Å². The molecule has 0 aliphatic heterocycles. The maximum absolute atomic E-state index is 11.8. The van der Waals surface area contributed by atoms with Gasteiger partial charge in [0, 0.05) is 27.0 Å². The van der Waals surface area contributed by atoms with Crippen molar-refractivity contribution in [3.63, 3.8) is 0 Å². The second-order valence-electron chi connectivity index (χ2n) is 5.16. The highest BCUT2D eigenvalue weighted by molar-refractivity contribution is 7.84. The van der Waals surface area contributed by atoms with Crippen LogP contribution < -0.4 is 10.2 Å². The van der Waals surface area contributed by atoms with Crippen LogP contribution in [0.5, 0.6) is 5.75 Å². The van der Waals surface area contributed by atoms with E-state index in [0.29, 0.717) is 17.2 Å². The summed E-state index contributed by atoms with van der Waals surface area (Å²) in [5, 5.41) is 4.24. The van der Waals surface area contributed by atoms with Crippen molar-refractivity contribution in [2.45, 2.75) is 19.6 Å². The Morgan fingerprint density at radius 1 is 1.19 bits per heavy atom. The number of hydrazone groups is 1. The first-order valence-electron chi connectivity index (χ1n) is 8.16. The number of hydrogen-bond acceptors (Lipinski definition) is 6. The van der Waals surface area contributed by atoms with E-state index in [2.05, 4.69) is 10.5 Å². The summed E-state index contributed by atoms with van der Waals surface area (Å²) < 4.78 is 21.8. The summed E-state index contributed by atoms with van der Waals surface area (Å²) in [5.41, 5.74) is 3.85. The van der Waals surface area contributed by atoms with Crippen LogP contribution in [-0.4, -0.2) is 35.5 Å². The largest absolute Gasteiger partial charge is 0.497 e. The molecule has 2 aromatic rings. The molecule has 1 aromatic carbocycles. The molecule has 1 aromatic heterocycles. The second-order valence-corrected chi connectivity index (χ2v) is 8.07. The average molecular weight is 395 g/mol. The van der Waals surface area contributed by atoms with Crippen LogP contribution in [0.3, 0.4) is 0 Å². The van der Waals surface area contributed by atoms with Crippen molar-refractivity contribution in [2.24, 2.45) is 5.10 Å². The van der Waals surface area contributed by atoms with Crippen molar-refractivity contribution >= 4 is 33.9 Å². The summed E-state index contributed by atoms with van der Waals surface area (Å²) in [6.45, 7) is 3.90. The predicted octanol–water partition coefficient (Wildman–Crippen LogP) is 3.52. The zero-order valence-corrected chi connectivity index (χ0v) is 16.6. The molecule has 0 saturated carbocycles. The fourth-order valence-electron chi connectivity index (χ4n) is 2.12. The molecule has 1 heterocycles. The van der Waals surface area contributed by atoms with Crippen LogP contribution in [0.25, 0.3) is 0 Å². The third-order valence-corrected chi connectivity index (χ3v) is 5.97. The van der Waals surface area contributed by atoms with Crippen LogP contribution in [-0.2, 0) is 21.3 Å². The normalized spacial score (nSPS) is 12.5. The lowest BCUT2D eigenvalue weighted by atomic mass is 10.1. The molecule has 1 amide bonds. The van der Waals surface area contributed by atoms with Gasteiger partial charge >= 0.3 is 6.09 Å².